The van der Waals surface area contributed by atoms with E-state index < -0.39 is 0 Å². The summed E-state index contributed by atoms with van der Waals surface area (Å²) >= 11 is 0. The maximum Gasteiger partial charge on any atom is 0.123 e. The van der Waals surface area contributed by atoms with Gasteiger partial charge in [-0.05, 0) is 12.1 Å². The van der Waals surface area contributed by atoms with Crippen LogP contribution >= 0.6 is 0 Å². The molecule has 0 atom stereocenters. The van der Waals surface area contributed by atoms with Crippen LogP contribution in [0.25, 0.3) is 0 Å². The summed E-state index contributed by atoms with van der Waals surface area (Å²) < 4.78 is 11.9. The summed E-state index contributed by atoms with van der Waals surface area (Å²) in [6, 6.07) is 7.94. The molecule has 3 heteroatoms. The summed E-state index contributed by atoms with van der Waals surface area (Å²) in [7, 11) is 0. The molecule has 0 N–H and O–H groups in total. The monoisotopic (exact) mass is 130 g/mol. The Balaban J connectivity index is 0. The molecule has 1 aromatic carbocycles. The topological polar surface area (TPSA) is 0 Å². The van der Waals surface area contributed by atoms with Gasteiger partial charge in [-0.25, -0.2) is 4.39 Å². The zero-order valence-corrected chi connectivity index (χ0v) is 7.34. The van der Waals surface area contributed by atoms with Gasteiger partial charge >= 0.3 is 0 Å². The van der Waals surface area contributed by atoms with E-state index in [0.717, 1.165) is 0 Å². The van der Waals surface area contributed by atoms with Crippen molar-refractivity contribution in [2.24, 2.45) is 0 Å². The fraction of sp³-hybridized carbons (Fsp3) is 0. The van der Waals surface area contributed by atoms with E-state index in [0.29, 0.717) is 0 Å². The molecule has 1 rings (SSSR count). The van der Waals surface area contributed by atoms with Gasteiger partial charge < -0.3 is 0 Å². The minimum absolute atomic E-state index is 0. The summed E-state index contributed by atoms with van der Waals surface area (Å²) in [6.45, 7) is 0. The van der Waals surface area contributed by atoms with Crippen LogP contribution < -0.4 is 0 Å². The molecule has 0 unspecified atom stereocenters. The van der Waals surface area contributed by atoms with E-state index in [2.05, 4.69) is 0 Å². The second kappa shape index (κ2) is 6.34. The van der Waals surface area contributed by atoms with Gasteiger partial charge in [0, 0.05) is 38.0 Å². The van der Waals surface area contributed by atoms with Gasteiger partial charge in [0.1, 0.15) is 5.82 Å². The molecule has 0 aromatic heterocycles. The normalized spacial score (nSPS) is 6.78. The second-order valence-corrected chi connectivity index (χ2v) is 1.30. The number of rotatable bonds is 0. The quantitative estimate of drug-likeness (QED) is 0.460. The predicted octanol–water partition coefficient (Wildman–Crippen LogP) is 1.06. The van der Waals surface area contributed by atoms with Crippen molar-refractivity contribution < 1.29 is 4.39 Å². The van der Waals surface area contributed by atoms with Gasteiger partial charge in [0.2, 0.25) is 0 Å². The van der Waals surface area contributed by atoms with E-state index in [1.807, 2.05) is 0 Å². The first-order valence-electron chi connectivity index (χ1n) is 2.10. The van der Waals surface area contributed by atoms with Crippen LogP contribution in [-0.2, 0) is 0 Å². The Hall–Kier alpha value is 0.215. The van der Waals surface area contributed by atoms with Crippen molar-refractivity contribution in [3.8, 4) is 0 Å². The Morgan fingerprint density at radius 3 is 1.67 bits per heavy atom. The van der Waals surface area contributed by atoms with Crippen molar-refractivity contribution in [3.63, 3.8) is 0 Å². The van der Waals surface area contributed by atoms with Crippen LogP contribution in [0.3, 0.4) is 0 Å². The third-order valence-electron chi connectivity index (χ3n) is 0.733. The zero-order chi connectivity index (χ0) is 5.11. The Morgan fingerprint density at radius 1 is 1.00 bits per heavy atom. The Labute approximate surface area is 78.3 Å². The summed E-state index contributed by atoms with van der Waals surface area (Å²) in [5, 5.41) is 0. The van der Waals surface area contributed by atoms with Crippen LogP contribution in [0.15, 0.2) is 30.3 Å². The largest absolute Gasteiger partial charge is 0.207 e. The minimum atomic E-state index is -0.178. The van der Waals surface area contributed by atoms with Crippen LogP contribution in [0.2, 0.25) is 0 Å². The predicted molar refractivity (Wildman–Crippen MR) is 37.9 cm³/mol. The fourth-order valence-electron chi connectivity index (χ4n) is 0.415. The first kappa shape index (κ1) is 11.9. The molecule has 0 heterocycles. The maximum absolute atomic E-state index is 11.9. The average Bonchev–Trinajstić information content (AvgIpc) is 1.69. The van der Waals surface area contributed by atoms with Gasteiger partial charge in [0.05, 0.1) is 0 Å². The molecule has 0 saturated heterocycles. The average molecular weight is 130 g/mol. The molecule has 1 aromatic rings. The zero-order valence-electron chi connectivity index (χ0n) is 5.34. The molecule has 0 nitrogen and oxygen atoms in total. The molecule has 4 radical (unpaired) electrons. The van der Waals surface area contributed by atoms with Crippen LogP contribution in [0.5, 0.6) is 0 Å². The van der Waals surface area contributed by atoms with Crippen molar-refractivity contribution in [2.45, 2.75) is 0 Å². The first-order chi connectivity index (χ1) is 3.39. The second-order valence-electron chi connectivity index (χ2n) is 1.30. The molecule has 0 aliphatic rings. The van der Waals surface area contributed by atoms with Gasteiger partial charge in [0.25, 0.3) is 0 Å². The molecular formula is C6H5BFNa. The van der Waals surface area contributed by atoms with E-state index in [9.17, 15) is 4.39 Å². The van der Waals surface area contributed by atoms with Gasteiger partial charge in [-0.15, -0.1) is 0 Å². The maximum atomic E-state index is 11.9. The summed E-state index contributed by atoms with van der Waals surface area (Å²) in [4.78, 5) is 0. The van der Waals surface area contributed by atoms with Crippen LogP contribution in [-0.4, -0.2) is 38.0 Å². The van der Waals surface area contributed by atoms with E-state index in [1.54, 1.807) is 18.2 Å². The van der Waals surface area contributed by atoms with Gasteiger partial charge in [-0.3, -0.25) is 0 Å². The molecular weight excluding hydrogens is 125 g/mol. The van der Waals surface area contributed by atoms with Crippen molar-refractivity contribution in [1.82, 2.24) is 0 Å². The standard InChI is InChI=1S/C6H5F.B.Na/c7-6-4-2-1-3-5-6;;/h1-5H;;. The van der Waals surface area contributed by atoms with Crippen molar-refractivity contribution in [2.75, 3.05) is 0 Å². The van der Waals surface area contributed by atoms with Crippen molar-refractivity contribution >= 4 is 38.0 Å². The van der Waals surface area contributed by atoms with Crippen molar-refractivity contribution in [1.29, 1.82) is 0 Å². The van der Waals surface area contributed by atoms with Gasteiger partial charge in [-0.2, -0.15) is 0 Å². The van der Waals surface area contributed by atoms with E-state index in [4.69, 9.17) is 0 Å². The SMILES string of the molecule is Fc1ccccc1.[B].[Na]. The Morgan fingerprint density at radius 2 is 1.44 bits per heavy atom. The molecule has 9 heavy (non-hydrogen) atoms. The number of hydrogen-bond donors (Lipinski definition) is 0. The molecule has 0 fully saturated rings. The molecule has 0 spiro atoms. The minimum Gasteiger partial charge on any atom is -0.207 e. The Kier molecular flexibility index (Phi) is 8.41. The van der Waals surface area contributed by atoms with Gasteiger partial charge in [-0.1, -0.05) is 18.2 Å². The number of halogens is 1. The van der Waals surface area contributed by atoms with Crippen LogP contribution in [0, 0.1) is 5.82 Å². The summed E-state index contributed by atoms with van der Waals surface area (Å²) in [5.41, 5.74) is 0. The molecule has 40 valence electrons. The molecule has 0 saturated carbocycles. The number of hydrogen-bond acceptors (Lipinski definition) is 0. The first-order valence-corrected chi connectivity index (χ1v) is 2.10. The van der Waals surface area contributed by atoms with Crippen LogP contribution in [0.1, 0.15) is 0 Å². The fourth-order valence-corrected chi connectivity index (χ4v) is 0.415. The smallest absolute Gasteiger partial charge is 0.123 e. The molecule has 0 amide bonds. The van der Waals surface area contributed by atoms with Crippen LogP contribution in [0.4, 0.5) is 4.39 Å². The third kappa shape index (κ3) is 4.70. The van der Waals surface area contributed by atoms with Crippen molar-refractivity contribution in [3.05, 3.63) is 36.1 Å². The molecule has 0 aliphatic carbocycles. The van der Waals surface area contributed by atoms with Gasteiger partial charge in [0.15, 0.2) is 0 Å². The summed E-state index contributed by atoms with van der Waals surface area (Å²) in [5.74, 6) is -0.178. The Bertz CT molecular complexity index is 143. The molecule has 0 aliphatic heterocycles. The third-order valence-corrected chi connectivity index (χ3v) is 0.733. The number of benzene rings is 1. The summed E-state index contributed by atoms with van der Waals surface area (Å²) in [6.07, 6.45) is 0. The molecule has 0 bridgehead atoms. The van der Waals surface area contributed by atoms with E-state index >= 15 is 0 Å². The van der Waals surface area contributed by atoms with E-state index in [1.165, 1.54) is 12.1 Å². The van der Waals surface area contributed by atoms with E-state index in [-0.39, 0.29) is 43.8 Å².